The van der Waals surface area contributed by atoms with E-state index in [1.54, 1.807) is 30.3 Å². The Kier molecular flexibility index (Phi) is 6.91. The topological polar surface area (TPSA) is 114 Å². The van der Waals surface area contributed by atoms with Gasteiger partial charge < -0.3 is 15.4 Å². The zero-order valence-corrected chi connectivity index (χ0v) is 16.5. The molecule has 0 aliphatic rings. The van der Waals surface area contributed by atoms with Gasteiger partial charge in [0.15, 0.2) is 0 Å². The van der Waals surface area contributed by atoms with Crippen molar-refractivity contribution in [3.05, 3.63) is 59.7 Å². The summed E-state index contributed by atoms with van der Waals surface area (Å²) in [6.45, 7) is 0. The van der Waals surface area contributed by atoms with Crippen molar-refractivity contribution in [1.82, 2.24) is 10.0 Å². The van der Waals surface area contributed by atoms with Crippen LogP contribution in [0.4, 0.5) is 5.69 Å². The minimum atomic E-state index is -3.71. The molecule has 28 heavy (non-hydrogen) atoms. The molecule has 8 nitrogen and oxygen atoms in total. The molecule has 0 radical (unpaired) electrons. The molecule has 0 saturated heterocycles. The van der Waals surface area contributed by atoms with E-state index in [4.69, 9.17) is 4.74 Å². The lowest BCUT2D eigenvalue weighted by Crippen LogP contribution is -2.19. The van der Waals surface area contributed by atoms with Crippen LogP contribution >= 0.6 is 0 Å². The van der Waals surface area contributed by atoms with Crippen LogP contribution in [0.15, 0.2) is 53.4 Å². The second kappa shape index (κ2) is 9.16. The molecule has 0 spiro atoms. The van der Waals surface area contributed by atoms with Crippen molar-refractivity contribution in [2.24, 2.45) is 0 Å². The van der Waals surface area contributed by atoms with Crippen molar-refractivity contribution in [2.45, 2.75) is 4.90 Å². The van der Waals surface area contributed by atoms with Gasteiger partial charge in [-0.25, -0.2) is 13.1 Å². The molecule has 148 valence electrons. The van der Waals surface area contributed by atoms with Crippen LogP contribution in [0.5, 0.6) is 5.75 Å². The average molecular weight is 403 g/mol. The highest BCUT2D eigenvalue weighted by molar-refractivity contribution is 7.89. The largest absolute Gasteiger partial charge is 0.495 e. The van der Waals surface area contributed by atoms with Gasteiger partial charge in [0.05, 0.1) is 7.11 Å². The van der Waals surface area contributed by atoms with E-state index in [1.807, 2.05) is 0 Å². The molecule has 0 aromatic heterocycles. The number of amides is 2. The van der Waals surface area contributed by atoms with E-state index in [9.17, 15) is 18.0 Å². The number of hydrogen-bond donors (Lipinski definition) is 3. The molecule has 2 amide bonds. The van der Waals surface area contributed by atoms with Gasteiger partial charge in [-0.3, -0.25) is 9.59 Å². The predicted molar refractivity (Wildman–Crippen MR) is 107 cm³/mol. The molecule has 0 atom stereocenters. The monoisotopic (exact) mass is 403 g/mol. The van der Waals surface area contributed by atoms with Crippen LogP contribution in [-0.4, -0.2) is 41.4 Å². The number of ether oxygens (including phenoxy) is 1. The first-order valence-electron chi connectivity index (χ1n) is 8.23. The summed E-state index contributed by atoms with van der Waals surface area (Å²) in [7, 11) is 0.514. The third-order valence-electron chi connectivity index (χ3n) is 3.81. The second-order valence-corrected chi connectivity index (χ2v) is 7.45. The highest BCUT2D eigenvalue weighted by Crippen LogP contribution is 2.25. The van der Waals surface area contributed by atoms with Gasteiger partial charge in [0.25, 0.3) is 5.91 Å². The molecule has 3 N–H and O–H groups in total. The van der Waals surface area contributed by atoms with Gasteiger partial charge in [-0.05, 0) is 55.1 Å². The van der Waals surface area contributed by atoms with E-state index in [0.29, 0.717) is 16.8 Å². The van der Waals surface area contributed by atoms with Crippen molar-refractivity contribution < 1.29 is 22.7 Å². The van der Waals surface area contributed by atoms with Crippen LogP contribution in [0, 0.1) is 0 Å². The van der Waals surface area contributed by atoms with E-state index in [-0.39, 0.29) is 16.6 Å². The molecule has 9 heteroatoms. The number of carbonyl (C=O) groups is 2. The van der Waals surface area contributed by atoms with Crippen LogP contribution in [0.2, 0.25) is 0 Å². The number of hydrogen-bond acceptors (Lipinski definition) is 5. The Balaban J connectivity index is 2.14. The summed E-state index contributed by atoms with van der Waals surface area (Å²) in [5.41, 5.74) is 1.52. The molecule has 2 aromatic carbocycles. The normalized spacial score (nSPS) is 11.2. The first-order valence-corrected chi connectivity index (χ1v) is 9.72. The Morgan fingerprint density at radius 1 is 1.04 bits per heavy atom. The maximum absolute atomic E-state index is 12.1. The summed E-state index contributed by atoms with van der Waals surface area (Å²) in [5.74, 6) is -0.418. The molecule has 0 fully saturated rings. The van der Waals surface area contributed by atoms with Gasteiger partial charge in [-0.15, -0.1) is 0 Å². The molecule has 0 heterocycles. The van der Waals surface area contributed by atoms with Crippen molar-refractivity contribution in [3.8, 4) is 5.75 Å². The van der Waals surface area contributed by atoms with E-state index in [2.05, 4.69) is 15.4 Å². The Bertz CT molecular complexity index is 999. The Hall–Kier alpha value is -3.17. The van der Waals surface area contributed by atoms with Gasteiger partial charge in [0.1, 0.15) is 10.6 Å². The smallest absolute Gasteiger partial charge is 0.251 e. The first-order chi connectivity index (χ1) is 13.3. The Morgan fingerprint density at radius 2 is 1.71 bits per heavy atom. The van der Waals surface area contributed by atoms with E-state index < -0.39 is 15.9 Å². The lowest BCUT2D eigenvalue weighted by molar-refractivity contribution is -0.111. The minimum Gasteiger partial charge on any atom is -0.495 e. The molecule has 0 bridgehead atoms. The summed E-state index contributed by atoms with van der Waals surface area (Å²) in [4.78, 5) is 23.6. The SMILES string of the molecule is CNC(=O)c1ccc(NC(=O)/C=C/c2ccc(OC)c(S(=O)(=O)NC)c2)cc1. The first kappa shape index (κ1) is 21.1. The quantitative estimate of drug-likeness (QED) is 0.608. The fourth-order valence-electron chi connectivity index (χ4n) is 2.32. The summed E-state index contributed by atoms with van der Waals surface area (Å²) in [6, 6.07) is 11.0. The van der Waals surface area contributed by atoms with E-state index >= 15 is 0 Å². The Labute approximate surface area is 163 Å². The highest BCUT2D eigenvalue weighted by atomic mass is 32.2. The zero-order valence-electron chi connectivity index (χ0n) is 15.6. The standard InChI is InChI=1S/C19H21N3O5S/c1-20-19(24)14-6-8-15(9-7-14)22-18(23)11-5-13-4-10-16(27-3)17(12-13)28(25,26)21-2/h4-12,21H,1-3H3,(H,20,24)(H,22,23)/b11-5+. The van der Waals surface area contributed by atoms with Crippen LogP contribution in [-0.2, 0) is 14.8 Å². The third kappa shape index (κ3) is 5.18. The number of nitrogens with one attached hydrogen (secondary N) is 3. The van der Waals surface area contributed by atoms with E-state index in [0.717, 1.165) is 0 Å². The number of carbonyl (C=O) groups excluding carboxylic acids is 2. The van der Waals surface area contributed by atoms with Gasteiger partial charge in [-0.1, -0.05) is 6.07 Å². The van der Waals surface area contributed by atoms with Crippen LogP contribution in [0.25, 0.3) is 6.08 Å². The molecule has 0 aliphatic heterocycles. The minimum absolute atomic E-state index is 0.0233. The fourth-order valence-corrected chi connectivity index (χ4v) is 3.25. The van der Waals surface area contributed by atoms with Gasteiger partial charge in [0, 0.05) is 24.4 Å². The summed E-state index contributed by atoms with van der Waals surface area (Å²) in [5, 5.41) is 5.18. The third-order valence-corrected chi connectivity index (χ3v) is 5.25. The number of benzene rings is 2. The molecule has 2 aromatic rings. The molecule has 0 unspecified atom stereocenters. The van der Waals surface area contributed by atoms with Gasteiger partial charge in [-0.2, -0.15) is 0 Å². The van der Waals surface area contributed by atoms with Crippen molar-refractivity contribution >= 4 is 33.6 Å². The molecule has 0 saturated carbocycles. The Morgan fingerprint density at radius 3 is 2.29 bits per heavy atom. The highest BCUT2D eigenvalue weighted by Gasteiger charge is 2.17. The van der Waals surface area contributed by atoms with Crippen molar-refractivity contribution in [1.29, 1.82) is 0 Å². The van der Waals surface area contributed by atoms with Gasteiger partial charge >= 0.3 is 0 Å². The molecular formula is C19H21N3O5S. The van der Waals surface area contributed by atoms with Crippen LogP contribution in [0.1, 0.15) is 15.9 Å². The number of rotatable bonds is 7. The molecular weight excluding hydrogens is 382 g/mol. The van der Waals surface area contributed by atoms with E-state index in [1.165, 1.54) is 45.5 Å². The molecule has 2 rings (SSSR count). The second-order valence-electron chi connectivity index (χ2n) is 5.60. The summed E-state index contributed by atoms with van der Waals surface area (Å²) in [6.07, 6.45) is 2.77. The summed E-state index contributed by atoms with van der Waals surface area (Å²) >= 11 is 0. The van der Waals surface area contributed by atoms with Crippen molar-refractivity contribution in [2.75, 3.05) is 26.5 Å². The van der Waals surface area contributed by atoms with Crippen molar-refractivity contribution in [3.63, 3.8) is 0 Å². The fraction of sp³-hybridized carbons (Fsp3) is 0.158. The van der Waals surface area contributed by atoms with Crippen LogP contribution < -0.4 is 20.1 Å². The lowest BCUT2D eigenvalue weighted by Gasteiger charge is -2.09. The molecule has 0 aliphatic carbocycles. The maximum Gasteiger partial charge on any atom is 0.251 e. The van der Waals surface area contributed by atoms with Gasteiger partial charge in [0.2, 0.25) is 15.9 Å². The summed E-state index contributed by atoms with van der Waals surface area (Å²) < 4.78 is 31.5. The lowest BCUT2D eigenvalue weighted by atomic mass is 10.2. The average Bonchev–Trinajstić information content (AvgIpc) is 2.72. The maximum atomic E-state index is 12.1. The predicted octanol–water partition coefficient (Wildman–Crippen LogP) is 1.61. The number of sulfonamides is 1. The number of anilines is 1. The zero-order chi connectivity index (χ0) is 20.7. The number of methoxy groups -OCH3 is 1. The van der Waals surface area contributed by atoms with Crippen LogP contribution in [0.3, 0.4) is 0 Å².